The van der Waals surface area contributed by atoms with Gasteiger partial charge < -0.3 is 24.6 Å². The number of rotatable bonds is 5. The molecule has 0 radical (unpaired) electrons. The van der Waals surface area contributed by atoms with Crippen molar-refractivity contribution in [2.45, 2.75) is 25.1 Å². The minimum atomic E-state index is -3.06. The standard InChI is InChI=1S/C24H23F2N11O3/c1-35-20-15(8-27)16(40-14-2-4-29-18(6-14)32-23(39)36-5-3-13(38)10-36)9-30-21(20)33-22(35)31-19-7-17-24(25,26)11-28-12-37(17)34-19/h2,4,6-7,9,13,28,38H,3,5,10-12H2,1H3,(H,29,32,39)(H,30,31,33,34)/t13-/m1/s1. The number of urea groups is 1. The number of amides is 2. The van der Waals surface area contributed by atoms with Gasteiger partial charge in [0.2, 0.25) is 5.95 Å². The minimum absolute atomic E-state index is 0.138. The second-order valence-electron chi connectivity index (χ2n) is 9.40. The van der Waals surface area contributed by atoms with E-state index >= 15 is 0 Å². The predicted molar refractivity (Wildman–Crippen MR) is 136 cm³/mol. The van der Waals surface area contributed by atoms with Crippen LogP contribution in [0, 0.1) is 11.3 Å². The Bertz CT molecular complexity index is 1660. The lowest BCUT2D eigenvalue weighted by Gasteiger charge is -2.23. The van der Waals surface area contributed by atoms with Crippen LogP contribution in [0.5, 0.6) is 11.5 Å². The molecular weight excluding hydrogens is 528 g/mol. The number of aryl methyl sites for hydroxylation is 1. The highest BCUT2D eigenvalue weighted by Crippen LogP contribution is 2.34. The summed E-state index contributed by atoms with van der Waals surface area (Å²) in [6.07, 6.45) is 2.76. The molecule has 4 aromatic heterocycles. The first-order valence-corrected chi connectivity index (χ1v) is 12.3. The fourth-order valence-electron chi connectivity index (χ4n) is 4.65. The van der Waals surface area contributed by atoms with E-state index in [1.54, 1.807) is 17.7 Å². The summed E-state index contributed by atoms with van der Waals surface area (Å²) in [5, 5.41) is 32.0. The molecule has 2 aliphatic heterocycles. The number of carbonyl (C=O) groups is 1. The van der Waals surface area contributed by atoms with Crippen molar-refractivity contribution >= 4 is 34.8 Å². The van der Waals surface area contributed by atoms with E-state index in [0.29, 0.717) is 24.2 Å². The number of ether oxygens (including phenoxy) is 1. The smallest absolute Gasteiger partial charge is 0.323 e. The summed E-state index contributed by atoms with van der Waals surface area (Å²) < 4.78 is 37.1. The molecule has 2 amide bonds. The van der Waals surface area contributed by atoms with Crippen molar-refractivity contribution in [3.63, 3.8) is 0 Å². The number of imidazole rings is 1. The number of aliphatic hydroxyl groups is 1. The van der Waals surface area contributed by atoms with E-state index in [4.69, 9.17) is 4.74 Å². The Morgan fingerprint density at radius 1 is 1.32 bits per heavy atom. The third-order valence-electron chi connectivity index (χ3n) is 6.62. The number of carbonyl (C=O) groups excluding carboxylic acids is 1. The van der Waals surface area contributed by atoms with Crippen LogP contribution in [0.1, 0.15) is 17.7 Å². The second-order valence-corrected chi connectivity index (χ2v) is 9.40. The lowest BCUT2D eigenvalue weighted by Crippen LogP contribution is -2.40. The number of aliphatic hydroxyl groups excluding tert-OH is 1. The van der Waals surface area contributed by atoms with Crippen LogP contribution in [0.4, 0.5) is 31.2 Å². The van der Waals surface area contributed by atoms with E-state index < -0.39 is 24.6 Å². The number of hydrogen-bond donors (Lipinski definition) is 4. The molecule has 0 aromatic carbocycles. The van der Waals surface area contributed by atoms with Gasteiger partial charge in [-0.05, 0) is 12.5 Å². The summed E-state index contributed by atoms with van der Waals surface area (Å²) in [6.45, 7) is 0.358. The summed E-state index contributed by atoms with van der Waals surface area (Å²) in [6, 6.07) is 6.04. The topological polar surface area (TPSA) is 171 Å². The van der Waals surface area contributed by atoms with Crippen LogP contribution in [0.2, 0.25) is 0 Å². The monoisotopic (exact) mass is 551 g/mol. The van der Waals surface area contributed by atoms with E-state index in [2.05, 4.69) is 42.1 Å². The minimum Gasteiger partial charge on any atom is -0.454 e. The van der Waals surface area contributed by atoms with Crippen molar-refractivity contribution in [1.29, 1.82) is 5.26 Å². The molecule has 14 nitrogen and oxygen atoms in total. The summed E-state index contributed by atoms with van der Waals surface area (Å²) >= 11 is 0. The first kappa shape index (κ1) is 25.4. The Balaban J connectivity index is 1.24. The fraction of sp³-hybridized carbons (Fsp3) is 0.333. The molecule has 6 rings (SSSR count). The van der Waals surface area contributed by atoms with E-state index in [-0.39, 0.29) is 53.5 Å². The average Bonchev–Trinajstić information content (AvgIpc) is 3.62. The maximum atomic E-state index is 14.2. The van der Waals surface area contributed by atoms with Crippen molar-refractivity contribution in [3.8, 4) is 17.6 Å². The Morgan fingerprint density at radius 3 is 2.92 bits per heavy atom. The SMILES string of the molecule is Cn1c(Nc2cc3n(n2)CNCC3(F)F)nc2ncc(Oc3ccnc(NC(=O)N4CC[C@@H](O)C4)c3)c(C#N)c21. The molecule has 1 atom stereocenters. The predicted octanol–water partition coefficient (Wildman–Crippen LogP) is 2.22. The van der Waals surface area contributed by atoms with Crippen molar-refractivity contribution < 1.29 is 23.4 Å². The molecule has 0 unspecified atom stereocenters. The zero-order valence-electron chi connectivity index (χ0n) is 21.1. The quantitative estimate of drug-likeness (QED) is 0.288. The molecule has 0 saturated carbocycles. The average molecular weight is 552 g/mol. The van der Waals surface area contributed by atoms with Crippen LogP contribution in [-0.4, -0.2) is 71.1 Å². The van der Waals surface area contributed by atoms with E-state index in [9.17, 15) is 23.9 Å². The molecule has 4 N–H and O–H groups in total. The highest BCUT2D eigenvalue weighted by atomic mass is 19.3. The zero-order valence-corrected chi connectivity index (χ0v) is 21.1. The van der Waals surface area contributed by atoms with Gasteiger partial charge in [-0.15, -0.1) is 0 Å². The number of β-amino-alcohol motifs (C(OH)–C–C–N with tert-alkyl or cyclic N) is 1. The van der Waals surface area contributed by atoms with Crippen LogP contribution >= 0.6 is 0 Å². The molecule has 1 saturated heterocycles. The number of likely N-dealkylation sites (tertiary alicyclic amines) is 1. The molecule has 206 valence electrons. The first-order valence-electron chi connectivity index (χ1n) is 12.3. The van der Waals surface area contributed by atoms with Gasteiger partial charge in [0.25, 0.3) is 0 Å². The molecule has 0 spiro atoms. The Kier molecular flexibility index (Phi) is 6.16. The van der Waals surface area contributed by atoms with Gasteiger partial charge in [0.15, 0.2) is 17.2 Å². The van der Waals surface area contributed by atoms with Crippen LogP contribution in [-0.2, 0) is 19.6 Å². The third-order valence-corrected chi connectivity index (χ3v) is 6.62. The van der Waals surface area contributed by atoms with Crippen LogP contribution in [0.3, 0.4) is 0 Å². The summed E-state index contributed by atoms with van der Waals surface area (Å²) in [4.78, 5) is 26.8. The van der Waals surface area contributed by atoms with Gasteiger partial charge in [0.05, 0.1) is 25.5 Å². The van der Waals surface area contributed by atoms with Gasteiger partial charge in [-0.3, -0.25) is 10.6 Å². The van der Waals surface area contributed by atoms with Crippen molar-refractivity contribution in [3.05, 3.63) is 41.9 Å². The number of alkyl halides is 2. The number of fused-ring (bicyclic) bond motifs is 2. The Morgan fingerprint density at radius 2 is 2.17 bits per heavy atom. The van der Waals surface area contributed by atoms with Crippen molar-refractivity contribution in [2.75, 3.05) is 30.3 Å². The number of hydrogen-bond acceptors (Lipinski definition) is 10. The fourth-order valence-corrected chi connectivity index (χ4v) is 4.65. The largest absolute Gasteiger partial charge is 0.454 e. The number of pyridine rings is 2. The first-order chi connectivity index (χ1) is 19.2. The maximum Gasteiger partial charge on any atom is 0.323 e. The van der Waals surface area contributed by atoms with Crippen LogP contribution in [0.15, 0.2) is 30.6 Å². The van der Waals surface area contributed by atoms with Crippen LogP contribution in [0.25, 0.3) is 11.2 Å². The Hall–Kier alpha value is -4.88. The highest BCUT2D eigenvalue weighted by Gasteiger charge is 2.38. The highest BCUT2D eigenvalue weighted by molar-refractivity contribution is 5.88. The molecular formula is C24H23F2N11O3. The van der Waals surface area contributed by atoms with Crippen LogP contribution < -0.4 is 20.7 Å². The Labute approximate surface area is 225 Å². The lowest BCUT2D eigenvalue weighted by atomic mass is 10.2. The molecule has 0 aliphatic carbocycles. The molecule has 40 heavy (non-hydrogen) atoms. The molecule has 0 bridgehead atoms. The summed E-state index contributed by atoms with van der Waals surface area (Å²) in [7, 11) is 1.64. The van der Waals surface area contributed by atoms with Crippen molar-refractivity contribution in [2.24, 2.45) is 7.05 Å². The number of aromatic nitrogens is 6. The van der Waals surface area contributed by atoms with Gasteiger partial charge in [-0.1, -0.05) is 0 Å². The molecule has 6 heterocycles. The maximum absolute atomic E-state index is 14.2. The summed E-state index contributed by atoms with van der Waals surface area (Å²) in [5.41, 5.74) is 0.514. The number of anilines is 3. The molecule has 16 heteroatoms. The van der Waals surface area contributed by atoms with Crippen molar-refractivity contribution in [1.82, 2.24) is 39.5 Å². The number of nitrogens with zero attached hydrogens (tertiary/aromatic N) is 8. The van der Waals surface area contributed by atoms with Gasteiger partial charge in [-0.2, -0.15) is 24.1 Å². The van der Waals surface area contributed by atoms with Gasteiger partial charge >= 0.3 is 12.0 Å². The van der Waals surface area contributed by atoms with Gasteiger partial charge in [0, 0.05) is 38.5 Å². The lowest BCUT2D eigenvalue weighted by molar-refractivity contribution is -0.0270. The van der Waals surface area contributed by atoms with E-state index in [1.807, 2.05) is 0 Å². The summed E-state index contributed by atoms with van der Waals surface area (Å²) in [5.74, 6) is -2.00. The molecule has 2 aliphatic rings. The number of nitriles is 1. The van der Waals surface area contributed by atoms with E-state index in [1.165, 1.54) is 34.1 Å². The van der Waals surface area contributed by atoms with Gasteiger partial charge in [-0.25, -0.2) is 19.4 Å². The second kappa shape index (κ2) is 9.70. The zero-order chi connectivity index (χ0) is 28.0. The normalized spacial score (nSPS) is 17.9. The number of halogens is 2. The number of nitrogens with one attached hydrogen (secondary N) is 3. The van der Waals surface area contributed by atoms with E-state index in [0.717, 1.165) is 0 Å². The molecule has 1 fully saturated rings. The third kappa shape index (κ3) is 4.61. The van der Waals surface area contributed by atoms with Gasteiger partial charge in [0.1, 0.15) is 34.4 Å². The molecule has 4 aromatic rings.